The number of carbonyl (C=O) groups is 1. The van der Waals surface area contributed by atoms with Crippen LogP contribution in [0.5, 0.6) is 17.2 Å². The maximum absolute atomic E-state index is 14.2. The lowest BCUT2D eigenvalue weighted by Gasteiger charge is -2.17. The van der Waals surface area contributed by atoms with E-state index >= 15 is 0 Å². The van der Waals surface area contributed by atoms with Gasteiger partial charge >= 0.3 is 0 Å². The van der Waals surface area contributed by atoms with Crippen LogP contribution in [0.4, 0.5) is 10.1 Å². The Morgan fingerprint density at radius 3 is 2.69 bits per heavy atom. The zero-order valence-corrected chi connectivity index (χ0v) is 16.1. The second-order valence-corrected chi connectivity index (χ2v) is 6.43. The van der Waals surface area contributed by atoms with Crippen LogP contribution in [0.3, 0.4) is 0 Å². The summed E-state index contributed by atoms with van der Waals surface area (Å²) in [5.41, 5.74) is 6.63. The van der Waals surface area contributed by atoms with E-state index in [0.29, 0.717) is 28.8 Å². The molecule has 8 heteroatoms. The van der Waals surface area contributed by atoms with Gasteiger partial charge in [0.15, 0.2) is 11.6 Å². The zero-order chi connectivity index (χ0) is 21.0. The summed E-state index contributed by atoms with van der Waals surface area (Å²) >= 11 is 0. The number of pyridine rings is 1. The Labute approximate surface area is 167 Å². The Morgan fingerprint density at radius 2 is 2.03 bits per heavy atom. The first kappa shape index (κ1) is 20.3. The number of nitrogen functional groups attached to an aromatic ring is 1. The fourth-order valence-electron chi connectivity index (χ4n) is 2.84. The number of hydrogen-bond acceptors (Lipinski definition) is 6. The number of rotatable bonds is 7. The number of methoxy groups -OCH3 is 1. The number of carbonyl (C=O) groups excluding carboxylic acids is 1. The highest BCUT2D eigenvalue weighted by Gasteiger charge is 2.19. The van der Waals surface area contributed by atoms with Gasteiger partial charge in [0, 0.05) is 29.4 Å². The molecule has 0 spiro atoms. The van der Waals surface area contributed by atoms with Crippen LogP contribution in [0.2, 0.25) is 0 Å². The van der Waals surface area contributed by atoms with Crippen molar-refractivity contribution < 1.29 is 23.8 Å². The number of aliphatic hydroxyl groups excluding tert-OH is 1. The van der Waals surface area contributed by atoms with E-state index in [2.05, 4.69) is 10.3 Å². The van der Waals surface area contributed by atoms with Crippen LogP contribution in [0, 0.1) is 5.82 Å². The van der Waals surface area contributed by atoms with Crippen LogP contribution in [0.1, 0.15) is 23.7 Å². The van der Waals surface area contributed by atoms with Gasteiger partial charge in [0.1, 0.15) is 11.5 Å². The van der Waals surface area contributed by atoms with Gasteiger partial charge in [-0.3, -0.25) is 9.78 Å². The highest BCUT2D eigenvalue weighted by Crippen LogP contribution is 2.34. The third-order valence-corrected chi connectivity index (χ3v) is 4.49. The SMILES string of the molecule is CCC(CO)NC(=O)c1cc2c(Oc3ccc(N)cc3F)ccnc2cc1OC. The summed E-state index contributed by atoms with van der Waals surface area (Å²) in [7, 11) is 1.45. The standard InChI is InChI=1S/C21H22FN3O4/c1-3-13(11-26)25-21(27)15-9-14-17(10-20(15)28-2)24-7-6-18(14)29-19-5-4-12(23)8-16(19)22/h4-10,13,26H,3,11,23H2,1-2H3,(H,25,27). The van der Waals surface area contributed by atoms with Crippen molar-refractivity contribution in [2.45, 2.75) is 19.4 Å². The third-order valence-electron chi connectivity index (χ3n) is 4.49. The molecular formula is C21H22FN3O4. The number of fused-ring (bicyclic) bond motifs is 1. The monoisotopic (exact) mass is 399 g/mol. The van der Waals surface area contributed by atoms with E-state index in [1.165, 1.54) is 31.5 Å². The van der Waals surface area contributed by atoms with Gasteiger partial charge in [-0.1, -0.05) is 6.92 Å². The molecule has 0 saturated heterocycles. The molecule has 0 fully saturated rings. The molecule has 4 N–H and O–H groups in total. The number of amides is 1. The molecule has 29 heavy (non-hydrogen) atoms. The molecular weight excluding hydrogens is 377 g/mol. The minimum Gasteiger partial charge on any atom is -0.496 e. The molecule has 3 aromatic rings. The highest BCUT2D eigenvalue weighted by atomic mass is 19.1. The summed E-state index contributed by atoms with van der Waals surface area (Å²) in [6.45, 7) is 1.68. The molecule has 0 aliphatic rings. The molecule has 2 aromatic carbocycles. The van der Waals surface area contributed by atoms with Crippen LogP contribution in [-0.4, -0.2) is 35.8 Å². The molecule has 3 rings (SSSR count). The molecule has 1 heterocycles. The molecule has 1 amide bonds. The van der Waals surface area contributed by atoms with Gasteiger partial charge in [-0.15, -0.1) is 0 Å². The largest absolute Gasteiger partial charge is 0.496 e. The maximum Gasteiger partial charge on any atom is 0.255 e. The molecule has 0 bridgehead atoms. The van der Waals surface area contributed by atoms with E-state index < -0.39 is 11.7 Å². The van der Waals surface area contributed by atoms with Gasteiger partial charge in [0.25, 0.3) is 5.91 Å². The second-order valence-electron chi connectivity index (χ2n) is 6.43. The van der Waals surface area contributed by atoms with Gasteiger partial charge in [0.05, 0.1) is 30.8 Å². The quantitative estimate of drug-likeness (QED) is 0.527. The van der Waals surface area contributed by atoms with E-state index in [9.17, 15) is 14.3 Å². The number of halogens is 1. The lowest BCUT2D eigenvalue weighted by Crippen LogP contribution is -2.37. The topological polar surface area (TPSA) is 107 Å². The van der Waals surface area contributed by atoms with E-state index in [0.717, 1.165) is 0 Å². The van der Waals surface area contributed by atoms with Crippen molar-refractivity contribution in [3.05, 3.63) is 54.0 Å². The number of aliphatic hydroxyl groups is 1. The Hall–Kier alpha value is -3.39. The highest BCUT2D eigenvalue weighted by molar-refractivity contribution is 6.02. The molecule has 1 atom stereocenters. The lowest BCUT2D eigenvalue weighted by atomic mass is 10.1. The van der Waals surface area contributed by atoms with Crippen molar-refractivity contribution >= 4 is 22.5 Å². The van der Waals surface area contributed by atoms with Gasteiger partial charge in [-0.2, -0.15) is 0 Å². The van der Waals surface area contributed by atoms with Gasteiger partial charge in [0.2, 0.25) is 0 Å². The van der Waals surface area contributed by atoms with Crippen molar-refractivity contribution in [3.63, 3.8) is 0 Å². The number of nitrogens with one attached hydrogen (secondary N) is 1. The molecule has 0 radical (unpaired) electrons. The molecule has 152 valence electrons. The summed E-state index contributed by atoms with van der Waals surface area (Å²) in [5.74, 6) is -0.358. The number of anilines is 1. The molecule has 0 aliphatic heterocycles. The van der Waals surface area contributed by atoms with Crippen molar-refractivity contribution in [1.82, 2.24) is 10.3 Å². The first-order valence-corrected chi connectivity index (χ1v) is 9.08. The Morgan fingerprint density at radius 1 is 1.24 bits per heavy atom. The normalized spacial score (nSPS) is 11.9. The van der Waals surface area contributed by atoms with Crippen molar-refractivity contribution in [1.29, 1.82) is 0 Å². The summed E-state index contributed by atoms with van der Waals surface area (Å²) in [5, 5.41) is 12.6. The number of nitrogens with zero attached hydrogens (tertiary/aromatic N) is 1. The smallest absolute Gasteiger partial charge is 0.255 e. The first-order chi connectivity index (χ1) is 14.0. The molecule has 7 nitrogen and oxygen atoms in total. The molecule has 0 aliphatic carbocycles. The van der Waals surface area contributed by atoms with E-state index in [4.69, 9.17) is 15.2 Å². The number of nitrogens with two attached hydrogens (primary N) is 1. The number of benzene rings is 2. The Balaban J connectivity index is 2.05. The second kappa shape index (κ2) is 8.74. The number of aromatic nitrogens is 1. The summed E-state index contributed by atoms with van der Waals surface area (Å²) in [6.07, 6.45) is 2.09. The fraction of sp³-hybridized carbons (Fsp3) is 0.238. The number of ether oxygens (including phenoxy) is 2. The van der Waals surface area contributed by atoms with Crippen LogP contribution in [0.15, 0.2) is 42.6 Å². The molecule has 0 saturated carbocycles. The van der Waals surface area contributed by atoms with Crippen molar-refractivity contribution in [2.75, 3.05) is 19.5 Å². The Kier molecular flexibility index (Phi) is 6.13. The Bertz CT molecular complexity index is 1040. The average Bonchev–Trinajstić information content (AvgIpc) is 2.73. The lowest BCUT2D eigenvalue weighted by molar-refractivity contribution is 0.0912. The van der Waals surface area contributed by atoms with Gasteiger partial charge in [-0.25, -0.2) is 4.39 Å². The minimum absolute atomic E-state index is 0.000142. The van der Waals surface area contributed by atoms with E-state index in [-0.39, 0.29) is 29.6 Å². The molecule has 1 unspecified atom stereocenters. The van der Waals surface area contributed by atoms with Gasteiger partial charge in [-0.05, 0) is 30.7 Å². The third kappa shape index (κ3) is 4.38. The maximum atomic E-state index is 14.2. The van der Waals surface area contributed by atoms with E-state index in [1.54, 1.807) is 18.2 Å². The minimum atomic E-state index is -0.602. The number of hydrogen-bond donors (Lipinski definition) is 3. The van der Waals surface area contributed by atoms with Crippen LogP contribution in [-0.2, 0) is 0 Å². The first-order valence-electron chi connectivity index (χ1n) is 9.08. The van der Waals surface area contributed by atoms with E-state index in [1.807, 2.05) is 6.92 Å². The summed E-state index contributed by atoms with van der Waals surface area (Å²) in [4.78, 5) is 17.0. The average molecular weight is 399 g/mol. The predicted octanol–water partition coefficient (Wildman–Crippen LogP) is 3.26. The summed E-state index contributed by atoms with van der Waals surface area (Å²) < 4.78 is 25.2. The fourth-order valence-corrected chi connectivity index (χ4v) is 2.84. The van der Waals surface area contributed by atoms with Crippen molar-refractivity contribution in [3.8, 4) is 17.2 Å². The predicted molar refractivity (Wildman–Crippen MR) is 108 cm³/mol. The van der Waals surface area contributed by atoms with Crippen molar-refractivity contribution in [2.24, 2.45) is 0 Å². The van der Waals surface area contributed by atoms with Crippen LogP contribution >= 0.6 is 0 Å². The van der Waals surface area contributed by atoms with Gasteiger partial charge < -0.3 is 25.6 Å². The van der Waals surface area contributed by atoms with Crippen LogP contribution in [0.25, 0.3) is 10.9 Å². The van der Waals surface area contributed by atoms with Crippen LogP contribution < -0.4 is 20.5 Å². The molecule has 1 aromatic heterocycles. The summed E-state index contributed by atoms with van der Waals surface area (Å²) in [6, 6.07) is 8.51. The zero-order valence-electron chi connectivity index (χ0n) is 16.1.